The van der Waals surface area contributed by atoms with Crippen molar-refractivity contribution >= 4 is 34.1 Å². The maximum atomic E-state index is 4.22. The first kappa shape index (κ1) is 37.7. The highest BCUT2D eigenvalue weighted by atomic mass is 15.2. The van der Waals surface area contributed by atoms with Gasteiger partial charge in [0, 0.05) is 35.1 Å². The molecule has 3 heteroatoms. The number of aromatic nitrogens is 1. The molecule has 0 radical (unpaired) electrons. The van der Waals surface area contributed by atoms with E-state index >= 15 is 0 Å². The molecule has 0 bridgehead atoms. The first-order valence-corrected chi connectivity index (χ1v) is 21.5. The van der Waals surface area contributed by atoms with Crippen molar-refractivity contribution in [2.45, 2.75) is 5.41 Å². The van der Waals surface area contributed by atoms with Crippen LogP contribution in [0.4, 0.5) is 34.1 Å². The summed E-state index contributed by atoms with van der Waals surface area (Å²) in [5, 5.41) is 0. The van der Waals surface area contributed by atoms with Crippen LogP contribution in [0, 0.1) is 0 Å². The van der Waals surface area contributed by atoms with E-state index in [1.54, 1.807) is 0 Å². The minimum atomic E-state index is -0.550. The Morgan fingerprint density at radius 3 is 1.25 bits per heavy atom. The summed E-state index contributed by atoms with van der Waals surface area (Å²) in [7, 11) is 0. The number of hydrogen-bond acceptors (Lipinski definition) is 3. The van der Waals surface area contributed by atoms with E-state index in [4.69, 9.17) is 0 Å². The van der Waals surface area contributed by atoms with Crippen molar-refractivity contribution in [1.29, 1.82) is 0 Å². The molecule has 0 fully saturated rings. The molecular weight excluding hydrogens is 763 g/mol. The lowest BCUT2D eigenvalue weighted by atomic mass is 9.62. The summed E-state index contributed by atoms with van der Waals surface area (Å²) in [5.41, 5.74) is 18.1. The number of nitrogens with zero attached hydrogens (tertiary/aromatic N) is 3. The molecule has 0 unspecified atom stereocenters. The van der Waals surface area contributed by atoms with Gasteiger partial charge in [-0.15, -0.1) is 0 Å². The molecule has 0 aliphatic carbocycles. The van der Waals surface area contributed by atoms with Crippen LogP contribution in [0.5, 0.6) is 0 Å². The summed E-state index contributed by atoms with van der Waals surface area (Å²) in [6, 6.07) is 90.1. The summed E-state index contributed by atoms with van der Waals surface area (Å²) in [4.78, 5) is 9.01. The number of benzene rings is 9. The van der Waals surface area contributed by atoms with Crippen LogP contribution in [0.15, 0.2) is 261 Å². The van der Waals surface area contributed by atoms with Crippen LogP contribution >= 0.6 is 0 Å². The number of pyridine rings is 1. The average molecular weight is 806 g/mol. The maximum Gasteiger partial charge on any atom is 0.0742 e. The van der Waals surface area contributed by atoms with Gasteiger partial charge in [-0.1, -0.05) is 176 Å². The van der Waals surface area contributed by atoms with Crippen molar-refractivity contribution in [1.82, 2.24) is 4.98 Å². The molecule has 63 heavy (non-hydrogen) atoms. The SMILES string of the molecule is c1ccc(-c2ccc(N(c3ccc(-c4ccncc4)cc3)c3ccc(-c4ccc5c(c4)N(c4ccccc4)c4ccccc4C5(c4ccccc4)c4ccccc4)cc3)cc2)cc1. The number of fused-ring (bicyclic) bond motifs is 2. The van der Waals surface area contributed by atoms with Gasteiger partial charge in [0.15, 0.2) is 0 Å². The average Bonchev–Trinajstić information content (AvgIpc) is 3.37. The number of rotatable bonds is 9. The Morgan fingerprint density at radius 2 is 0.714 bits per heavy atom. The van der Waals surface area contributed by atoms with Crippen molar-refractivity contribution in [2.75, 3.05) is 9.80 Å². The molecule has 0 amide bonds. The van der Waals surface area contributed by atoms with E-state index in [1.807, 2.05) is 12.4 Å². The van der Waals surface area contributed by atoms with E-state index in [0.717, 1.165) is 50.7 Å². The van der Waals surface area contributed by atoms with E-state index in [0.29, 0.717) is 0 Å². The van der Waals surface area contributed by atoms with E-state index in [1.165, 1.54) is 39.1 Å². The predicted molar refractivity (Wildman–Crippen MR) is 262 cm³/mol. The highest BCUT2D eigenvalue weighted by Gasteiger charge is 2.46. The zero-order chi connectivity index (χ0) is 42.0. The Labute approximate surface area is 369 Å². The van der Waals surface area contributed by atoms with Crippen molar-refractivity contribution in [2.24, 2.45) is 0 Å². The summed E-state index contributed by atoms with van der Waals surface area (Å²) in [5.74, 6) is 0. The predicted octanol–water partition coefficient (Wildman–Crippen LogP) is 15.7. The fourth-order valence-corrected chi connectivity index (χ4v) is 9.53. The summed E-state index contributed by atoms with van der Waals surface area (Å²) < 4.78 is 0. The third kappa shape index (κ3) is 6.77. The van der Waals surface area contributed by atoms with Gasteiger partial charge >= 0.3 is 0 Å². The quantitative estimate of drug-likeness (QED) is 0.145. The molecule has 11 rings (SSSR count). The Balaban J connectivity index is 1.04. The molecule has 0 N–H and O–H groups in total. The van der Waals surface area contributed by atoms with Gasteiger partial charge < -0.3 is 9.80 Å². The van der Waals surface area contributed by atoms with Gasteiger partial charge in [0.1, 0.15) is 0 Å². The largest absolute Gasteiger partial charge is 0.311 e. The van der Waals surface area contributed by atoms with Crippen LogP contribution in [0.25, 0.3) is 33.4 Å². The van der Waals surface area contributed by atoms with Gasteiger partial charge in [0.25, 0.3) is 0 Å². The number of anilines is 6. The van der Waals surface area contributed by atoms with Crippen LogP contribution < -0.4 is 9.80 Å². The smallest absolute Gasteiger partial charge is 0.0742 e. The zero-order valence-electron chi connectivity index (χ0n) is 34.7. The standard InChI is InChI=1S/C60H43N3/c1-5-15-44(16-6-1)45-25-32-53(33-26-45)62(54-34-27-46(28-35-54)48-39-41-61-42-40-48)55-36-29-47(30-37-55)49-31-38-57-59(43-49)63(52-21-11-4-12-22-52)58-24-14-13-23-56(58)60(57,50-17-7-2-8-18-50)51-19-9-3-10-20-51/h1-43H. The lowest BCUT2D eigenvalue weighted by Crippen LogP contribution is -2.37. The van der Waals surface area contributed by atoms with Gasteiger partial charge in [0.2, 0.25) is 0 Å². The second-order valence-corrected chi connectivity index (χ2v) is 16.0. The van der Waals surface area contributed by atoms with Gasteiger partial charge in [-0.05, 0) is 128 Å². The molecule has 0 saturated carbocycles. The van der Waals surface area contributed by atoms with E-state index in [9.17, 15) is 0 Å². The highest BCUT2D eigenvalue weighted by Crippen LogP contribution is 2.58. The van der Waals surface area contributed by atoms with Crippen LogP contribution in [0.2, 0.25) is 0 Å². The molecule has 10 aromatic rings. The van der Waals surface area contributed by atoms with Gasteiger partial charge in [-0.25, -0.2) is 0 Å². The van der Waals surface area contributed by atoms with Crippen molar-refractivity contribution < 1.29 is 0 Å². The maximum absolute atomic E-state index is 4.22. The van der Waals surface area contributed by atoms with Crippen molar-refractivity contribution in [3.63, 3.8) is 0 Å². The molecule has 0 saturated heterocycles. The van der Waals surface area contributed by atoms with E-state index < -0.39 is 5.41 Å². The molecule has 0 atom stereocenters. The lowest BCUT2D eigenvalue weighted by molar-refractivity contribution is 0.731. The Morgan fingerprint density at radius 1 is 0.317 bits per heavy atom. The minimum absolute atomic E-state index is 0.550. The zero-order valence-corrected chi connectivity index (χ0v) is 34.7. The van der Waals surface area contributed by atoms with Crippen LogP contribution in [0.1, 0.15) is 22.3 Å². The van der Waals surface area contributed by atoms with E-state index in [2.05, 4.69) is 264 Å². The summed E-state index contributed by atoms with van der Waals surface area (Å²) in [6.07, 6.45) is 3.68. The first-order chi connectivity index (χ1) is 31.3. The van der Waals surface area contributed by atoms with E-state index in [-0.39, 0.29) is 0 Å². The molecule has 2 heterocycles. The van der Waals surface area contributed by atoms with Crippen molar-refractivity contribution in [3.8, 4) is 33.4 Å². The number of hydrogen-bond donors (Lipinski definition) is 0. The molecule has 298 valence electrons. The first-order valence-electron chi connectivity index (χ1n) is 21.5. The minimum Gasteiger partial charge on any atom is -0.311 e. The molecule has 1 aliphatic heterocycles. The third-order valence-corrected chi connectivity index (χ3v) is 12.5. The normalized spacial score (nSPS) is 12.5. The molecule has 3 nitrogen and oxygen atoms in total. The molecule has 0 spiro atoms. The van der Waals surface area contributed by atoms with Crippen LogP contribution in [-0.4, -0.2) is 4.98 Å². The third-order valence-electron chi connectivity index (χ3n) is 12.5. The Hall–Kier alpha value is -8.27. The fraction of sp³-hybridized carbons (Fsp3) is 0.0167. The van der Waals surface area contributed by atoms with Gasteiger partial charge in [-0.3, -0.25) is 4.98 Å². The van der Waals surface area contributed by atoms with Crippen molar-refractivity contribution in [3.05, 3.63) is 283 Å². The summed E-state index contributed by atoms with van der Waals surface area (Å²) in [6.45, 7) is 0. The molecular formula is C60H43N3. The monoisotopic (exact) mass is 805 g/mol. The fourth-order valence-electron chi connectivity index (χ4n) is 9.53. The second kappa shape index (κ2) is 16.3. The van der Waals surface area contributed by atoms with Crippen LogP contribution in [0.3, 0.4) is 0 Å². The molecule has 1 aromatic heterocycles. The number of para-hydroxylation sites is 2. The Bertz CT molecular complexity index is 2990. The topological polar surface area (TPSA) is 19.4 Å². The lowest BCUT2D eigenvalue weighted by Gasteiger charge is -2.46. The molecule has 1 aliphatic rings. The summed E-state index contributed by atoms with van der Waals surface area (Å²) >= 11 is 0. The molecule has 9 aromatic carbocycles. The highest BCUT2D eigenvalue weighted by molar-refractivity contribution is 5.91. The Kier molecular flexibility index (Phi) is 9.76. The van der Waals surface area contributed by atoms with Gasteiger partial charge in [0.05, 0.1) is 16.8 Å². The van der Waals surface area contributed by atoms with Gasteiger partial charge in [-0.2, -0.15) is 0 Å². The van der Waals surface area contributed by atoms with Crippen LogP contribution in [-0.2, 0) is 5.41 Å². The second-order valence-electron chi connectivity index (χ2n) is 16.0.